The molecule has 0 bridgehead atoms. The summed E-state index contributed by atoms with van der Waals surface area (Å²) in [4.78, 5) is 35.3. The molecular formula is C59H67N3O9. The number of unbranched alkanes of at least 4 members (excludes halogenated alkanes) is 2. The van der Waals surface area contributed by atoms with Crippen molar-refractivity contribution >= 4 is 28.1 Å². The van der Waals surface area contributed by atoms with Crippen LogP contribution in [0.15, 0.2) is 145 Å². The molecule has 12 nitrogen and oxygen atoms in total. The van der Waals surface area contributed by atoms with Crippen LogP contribution in [0, 0.1) is 33.8 Å². The highest BCUT2D eigenvalue weighted by Crippen LogP contribution is 2.62. The van der Waals surface area contributed by atoms with Crippen molar-refractivity contribution in [1.82, 2.24) is 4.90 Å². The number of rotatable bonds is 23. The smallest absolute Gasteiger partial charge is 0.273 e. The summed E-state index contributed by atoms with van der Waals surface area (Å²) in [5.74, 6) is -0.308. The number of ether oxygens (including phenoxy) is 3. The maximum absolute atomic E-state index is 15.6. The first-order chi connectivity index (χ1) is 34.8. The van der Waals surface area contributed by atoms with Gasteiger partial charge in [0.25, 0.3) is 5.69 Å². The van der Waals surface area contributed by atoms with Crippen LogP contribution in [0.3, 0.4) is 0 Å². The fourth-order valence-electron chi connectivity index (χ4n) is 12.0. The third kappa shape index (κ3) is 11.1. The molecule has 5 aromatic rings. The Morgan fingerprint density at radius 1 is 0.873 bits per heavy atom. The van der Waals surface area contributed by atoms with Gasteiger partial charge in [0.15, 0.2) is 0 Å². The van der Waals surface area contributed by atoms with Gasteiger partial charge in [0.05, 0.1) is 29.2 Å². The highest BCUT2D eigenvalue weighted by atomic mass is 16.7. The number of amides is 1. The van der Waals surface area contributed by atoms with Gasteiger partial charge in [-0.25, -0.2) is 0 Å². The molecule has 2 fully saturated rings. The molecule has 0 radical (unpaired) electrons. The number of aliphatic hydroxyl groups excluding tert-OH is 2. The van der Waals surface area contributed by atoms with Gasteiger partial charge in [-0.3, -0.25) is 14.9 Å². The van der Waals surface area contributed by atoms with E-state index in [9.17, 15) is 20.3 Å². The van der Waals surface area contributed by atoms with Gasteiger partial charge in [-0.1, -0.05) is 135 Å². The third-order valence-electron chi connectivity index (χ3n) is 15.3. The van der Waals surface area contributed by atoms with Crippen LogP contribution in [0.5, 0.6) is 17.2 Å². The molecular weight excluding hydrogens is 895 g/mol. The van der Waals surface area contributed by atoms with Crippen LogP contribution in [0.25, 0.3) is 10.8 Å². The van der Waals surface area contributed by atoms with Crippen molar-refractivity contribution in [2.24, 2.45) is 28.8 Å². The van der Waals surface area contributed by atoms with Crippen molar-refractivity contribution in [2.45, 2.75) is 114 Å². The Bertz CT molecular complexity index is 2690. The molecule has 3 aliphatic carbocycles. The summed E-state index contributed by atoms with van der Waals surface area (Å²) >= 11 is 0. The Morgan fingerprint density at radius 2 is 1.62 bits per heavy atom. The van der Waals surface area contributed by atoms with Crippen molar-refractivity contribution in [1.29, 1.82) is 0 Å². The number of aliphatic hydroxyl groups is 2. The van der Waals surface area contributed by atoms with Crippen molar-refractivity contribution < 1.29 is 39.0 Å². The molecule has 372 valence electrons. The van der Waals surface area contributed by atoms with Gasteiger partial charge >= 0.3 is 0 Å². The minimum absolute atomic E-state index is 0.00812. The van der Waals surface area contributed by atoms with E-state index in [1.54, 1.807) is 18.2 Å². The molecule has 5 aromatic carbocycles. The number of hydrogen-bond donors (Lipinski definition) is 2. The van der Waals surface area contributed by atoms with E-state index in [2.05, 4.69) is 43.0 Å². The van der Waals surface area contributed by atoms with Crippen molar-refractivity contribution in [2.75, 3.05) is 19.8 Å². The first-order valence-electron chi connectivity index (χ1n) is 25.7. The predicted octanol–water partition coefficient (Wildman–Crippen LogP) is 12.4. The van der Waals surface area contributed by atoms with Gasteiger partial charge < -0.3 is 34.2 Å². The number of benzene rings is 5. The summed E-state index contributed by atoms with van der Waals surface area (Å²) in [5.41, 5.74) is 4.46. The Hall–Kier alpha value is -6.34. The number of nitro groups is 1. The van der Waals surface area contributed by atoms with Gasteiger partial charge in [0.2, 0.25) is 11.7 Å². The monoisotopic (exact) mass is 961 g/mol. The van der Waals surface area contributed by atoms with Gasteiger partial charge in [-0.05, 0) is 102 Å². The topological polar surface area (TPSA) is 153 Å². The van der Waals surface area contributed by atoms with E-state index in [1.165, 1.54) is 25.0 Å². The van der Waals surface area contributed by atoms with Gasteiger partial charge in [0, 0.05) is 50.1 Å². The van der Waals surface area contributed by atoms with E-state index < -0.39 is 22.7 Å². The molecule has 6 atom stereocenters. The molecule has 0 aromatic heterocycles. The minimum atomic E-state index is -1.45. The quantitative estimate of drug-likeness (QED) is 0.0282. The number of fused-ring (bicyclic) bond motifs is 3. The second-order valence-electron chi connectivity index (χ2n) is 19.7. The number of nitrogens with zero attached hydrogens (tertiary/aromatic N) is 3. The van der Waals surface area contributed by atoms with Crippen LogP contribution in [0.2, 0.25) is 0 Å². The Balaban J connectivity index is 1.25. The number of carbonyl (C=O) groups is 1. The number of nitro benzene ring substituents is 1. The molecule has 9 rings (SSSR count). The first-order valence-corrected chi connectivity index (χ1v) is 25.7. The average molecular weight is 962 g/mol. The highest BCUT2D eigenvalue weighted by molar-refractivity contribution is 6.03. The lowest BCUT2D eigenvalue weighted by molar-refractivity contribution is -0.384. The van der Waals surface area contributed by atoms with Crippen molar-refractivity contribution in [3.8, 4) is 17.2 Å². The van der Waals surface area contributed by atoms with Crippen molar-refractivity contribution in [3.63, 3.8) is 0 Å². The maximum Gasteiger partial charge on any atom is 0.273 e. The van der Waals surface area contributed by atoms with Crippen LogP contribution >= 0.6 is 0 Å². The number of hydrogen-bond acceptors (Lipinski definition) is 10. The van der Waals surface area contributed by atoms with E-state index in [1.807, 2.05) is 65.6 Å². The number of allylic oxidation sites excluding steroid dienone is 1. The second kappa shape index (κ2) is 23.3. The molecule has 2 N–H and O–H groups in total. The summed E-state index contributed by atoms with van der Waals surface area (Å²) in [6.07, 6.45) is 14.6. The fraction of sp³-hybridized carbons (Fsp3) is 0.424. The number of non-ortho nitro benzene ring substituents is 1. The summed E-state index contributed by atoms with van der Waals surface area (Å²) in [7, 11) is 0. The summed E-state index contributed by atoms with van der Waals surface area (Å²) < 4.78 is 21.3. The van der Waals surface area contributed by atoms with E-state index in [-0.39, 0.29) is 62.2 Å². The Labute approximate surface area is 417 Å². The Morgan fingerprint density at radius 3 is 2.41 bits per heavy atom. The zero-order chi connectivity index (χ0) is 49.2. The normalized spacial score (nSPS) is 23.0. The molecule has 6 unspecified atom stereocenters. The second-order valence-corrected chi connectivity index (χ2v) is 19.7. The van der Waals surface area contributed by atoms with Crippen molar-refractivity contribution in [3.05, 3.63) is 166 Å². The minimum Gasteiger partial charge on any atom is -0.459 e. The van der Waals surface area contributed by atoms with E-state index in [0.717, 1.165) is 83.7 Å². The maximum atomic E-state index is 15.6. The van der Waals surface area contributed by atoms with Crippen LogP contribution in [-0.4, -0.2) is 63.3 Å². The zero-order valence-electron chi connectivity index (χ0n) is 40.6. The highest BCUT2D eigenvalue weighted by Gasteiger charge is 2.65. The van der Waals surface area contributed by atoms with E-state index >= 15 is 4.79 Å². The van der Waals surface area contributed by atoms with Crippen LogP contribution < -0.4 is 9.47 Å². The average Bonchev–Trinajstić information content (AvgIpc) is 3.92. The molecule has 2 saturated carbocycles. The lowest BCUT2D eigenvalue weighted by Crippen LogP contribution is -2.70. The molecule has 0 saturated heterocycles. The van der Waals surface area contributed by atoms with Crippen LogP contribution in [0.4, 0.5) is 5.69 Å². The molecule has 0 spiro atoms. The Kier molecular flexibility index (Phi) is 16.3. The first kappa shape index (κ1) is 49.6. The van der Waals surface area contributed by atoms with Gasteiger partial charge in [0.1, 0.15) is 29.9 Å². The summed E-state index contributed by atoms with van der Waals surface area (Å²) in [5, 5.41) is 39.2. The van der Waals surface area contributed by atoms with Crippen LogP contribution in [-0.2, 0) is 27.5 Å². The molecule has 1 aliphatic heterocycles. The number of oxime groups is 1. The molecule has 12 heteroatoms. The summed E-state index contributed by atoms with van der Waals surface area (Å²) in [6.45, 7) is 4.96. The van der Waals surface area contributed by atoms with Crippen LogP contribution in [0.1, 0.15) is 106 Å². The zero-order valence-corrected chi connectivity index (χ0v) is 40.6. The summed E-state index contributed by atoms with van der Waals surface area (Å²) in [6, 6.07) is 35.7. The van der Waals surface area contributed by atoms with Gasteiger partial charge in [-0.2, -0.15) is 0 Å². The fourth-order valence-corrected chi connectivity index (χ4v) is 12.0. The SMILES string of the molecule is C=CCOC12Oc3ccc(Oc4cccc([N+](=O)[O-])c4)cc3C3C(CCCCO)C(CCCCO)C=C(C(=NOCc4ccccc4)CC1N(Cc1cccc4ccccc14)C(=O)CCC1CCCC1)C32. The third-order valence-corrected chi connectivity index (χ3v) is 15.3. The molecule has 1 heterocycles. The molecule has 71 heavy (non-hydrogen) atoms. The van der Waals surface area contributed by atoms with Gasteiger partial charge in [-0.15, -0.1) is 6.58 Å². The number of carbonyl (C=O) groups excluding carboxylic acids is 1. The largest absolute Gasteiger partial charge is 0.459 e. The lowest BCUT2D eigenvalue weighted by Gasteiger charge is -2.60. The molecule has 4 aliphatic rings. The standard InChI is InChI=1S/C59H67N3O9/c1-2-34-68-59-55(61(56(65)31-28-41-16-6-7-17-41)39-45-23-14-22-43-20-8-9-26-49(43)45)38-53(60-69-40-42-18-4-3-5-19-42)51-35-44(21-10-12-32-63)50(27-11-13-33-64)57(58(51)59)52-37-48(29-30-54(52)71-59)70-47-25-15-24-46(36-47)62(66)67/h2-5,8-9,14-15,18-20,22-26,29-30,35-37,41,44,50,55,57-58,63-64H,1,6-7,10-13,16-17,21,27-28,31-34,38-40H2. The molecule has 1 amide bonds. The van der Waals surface area contributed by atoms with E-state index in [4.69, 9.17) is 24.2 Å². The van der Waals surface area contributed by atoms with E-state index in [0.29, 0.717) is 49.0 Å². The predicted molar refractivity (Wildman–Crippen MR) is 275 cm³/mol. The lowest BCUT2D eigenvalue weighted by atomic mass is 9.55.